The summed E-state index contributed by atoms with van der Waals surface area (Å²) < 4.78 is 0. The molecule has 0 aliphatic heterocycles. The van der Waals surface area contributed by atoms with Crippen LogP contribution < -0.4 is 21.2 Å². The van der Waals surface area contributed by atoms with E-state index in [-0.39, 0.29) is 44.8 Å². The van der Waals surface area contributed by atoms with Gasteiger partial charge in [-0.3, -0.25) is 11.8 Å². The van der Waals surface area contributed by atoms with Crippen molar-refractivity contribution in [3.05, 3.63) is 254 Å². The predicted molar refractivity (Wildman–Crippen MR) is 261 cm³/mol. The summed E-state index contributed by atoms with van der Waals surface area (Å²) in [7, 11) is -1.69. The van der Waals surface area contributed by atoms with Gasteiger partial charge >= 0.3 is 44.8 Å². The molecule has 0 bridgehead atoms. The summed E-state index contributed by atoms with van der Waals surface area (Å²) in [5.74, 6) is 6.11. The standard InChI is InChI=1S/C25H22P2.2C16H9.Ag.Au/c1-5-13-22(14-6-1)26(23-15-7-2-8-16-23)21-27(24-17-9-3-10-18-24)25-19-11-4-12-20-25;2*1-2-12-7-8-14-10-9-13-5-3-4-6-15(13)16(14)11-12;;/h1-20H,21H2;2*3-11H;;/q;2*-1;2*+1/p+2. The summed E-state index contributed by atoms with van der Waals surface area (Å²) >= 11 is 0. The molecule has 0 spiro atoms. The Morgan fingerprint density at radius 2 is 0.574 bits per heavy atom. The first-order chi connectivity index (χ1) is 29.2. The second kappa shape index (κ2) is 22.5. The van der Waals surface area contributed by atoms with Crippen molar-refractivity contribution in [3.8, 4) is 11.8 Å². The van der Waals surface area contributed by atoms with Crippen molar-refractivity contribution in [1.29, 1.82) is 0 Å². The fourth-order valence-corrected chi connectivity index (χ4v) is 15.4. The molecule has 0 amide bonds. The van der Waals surface area contributed by atoms with Crippen LogP contribution in [0.4, 0.5) is 0 Å². The van der Waals surface area contributed by atoms with Crippen molar-refractivity contribution >= 4 is 80.2 Å². The van der Waals surface area contributed by atoms with Crippen LogP contribution in [0, 0.1) is 24.7 Å². The Hall–Kier alpha value is -5.30. The largest absolute Gasteiger partial charge is 1.00 e. The van der Waals surface area contributed by atoms with Crippen LogP contribution in [0.5, 0.6) is 0 Å². The van der Waals surface area contributed by atoms with Crippen LogP contribution in [0.15, 0.2) is 231 Å². The maximum atomic E-state index is 7.18. The Labute approximate surface area is 394 Å². The fraction of sp³-hybridized carbons (Fsp3) is 0.0175. The summed E-state index contributed by atoms with van der Waals surface area (Å²) in [4.78, 5) is 0. The van der Waals surface area contributed by atoms with Gasteiger partial charge in [-0.15, -0.1) is 35.4 Å². The SMILES string of the molecule is [Ag+].[Au+].[C-]#Cc1ccc2ccc3ccccc3c2c1.[C-]#Cc1ccc2ccc3ccccc3c2c1.c1ccc([PH+](C[PH+](c2ccccc2)c2ccccc2)c2ccccc2)cc1. The van der Waals surface area contributed by atoms with Gasteiger partial charge in [0.1, 0.15) is 37.1 Å². The molecular formula is C57H42AgAuP2+2. The van der Waals surface area contributed by atoms with Gasteiger partial charge in [-0.1, -0.05) is 158 Å². The quantitative estimate of drug-likeness (QED) is 0.0512. The van der Waals surface area contributed by atoms with Crippen molar-refractivity contribution in [2.45, 2.75) is 0 Å². The zero-order valence-electron chi connectivity index (χ0n) is 33.2. The number of rotatable bonds is 6. The zero-order chi connectivity index (χ0) is 40.2. The summed E-state index contributed by atoms with van der Waals surface area (Å²) in [5, 5.41) is 15.7. The van der Waals surface area contributed by atoms with E-state index in [0.717, 1.165) is 11.1 Å². The van der Waals surface area contributed by atoms with Crippen molar-refractivity contribution in [3.63, 3.8) is 0 Å². The molecule has 0 heterocycles. The number of fused-ring (bicyclic) bond motifs is 6. The molecule has 0 saturated carbocycles. The molecule has 0 nitrogen and oxygen atoms in total. The van der Waals surface area contributed by atoms with E-state index in [9.17, 15) is 0 Å². The molecule has 10 aromatic rings. The van der Waals surface area contributed by atoms with Crippen molar-refractivity contribution in [2.75, 3.05) is 5.90 Å². The van der Waals surface area contributed by atoms with Crippen LogP contribution in [0.2, 0.25) is 0 Å². The van der Waals surface area contributed by atoms with Crippen molar-refractivity contribution in [2.24, 2.45) is 0 Å². The van der Waals surface area contributed by atoms with Crippen LogP contribution in [-0.4, -0.2) is 5.90 Å². The maximum absolute atomic E-state index is 7.18. The normalized spacial score (nSPS) is 10.4. The van der Waals surface area contributed by atoms with Crippen LogP contribution >= 0.6 is 15.8 Å². The monoisotopic (exact) mass is 1090 g/mol. The third-order valence-corrected chi connectivity index (χ3v) is 17.6. The number of benzene rings is 10. The van der Waals surface area contributed by atoms with Crippen LogP contribution in [-0.2, 0) is 44.8 Å². The molecule has 300 valence electrons. The molecule has 0 saturated heterocycles. The Balaban J connectivity index is 0.000000159. The van der Waals surface area contributed by atoms with Crippen LogP contribution in [0.25, 0.3) is 43.1 Å². The van der Waals surface area contributed by atoms with E-state index in [2.05, 4.69) is 182 Å². The van der Waals surface area contributed by atoms with Gasteiger partial charge in [-0.05, 0) is 91.6 Å². The first-order valence-electron chi connectivity index (χ1n) is 19.8. The summed E-state index contributed by atoms with van der Waals surface area (Å²) in [6.45, 7) is 0. The van der Waals surface area contributed by atoms with Gasteiger partial charge in [-0.2, -0.15) is 0 Å². The topological polar surface area (TPSA) is 0 Å². The third kappa shape index (κ3) is 11.2. The first kappa shape index (κ1) is 45.2. The van der Waals surface area contributed by atoms with E-state index in [1.54, 1.807) is 0 Å². The molecule has 10 aromatic carbocycles. The Morgan fingerprint density at radius 3 is 0.885 bits per heavy atom. The maximum Gasteiger partial charge on any atom is 1.00 e. The second-order valence-electron chi connectivity index (χ2n) is 14.3. The van der Waals surface area contributed by atoms with E-state index in [1.807, 2.05) is 60.7 Å². The molecule has 4 heteroatoms. The van der Waals surface area contributed by atoms with Gasteiger partial charge in [0.2, 0.25) is 0 Å². The average molecular weight is 1090 g/mol. The molecule has 0 N–H and O–H groups in total. The summed E-state index contributed by atoms with van der Waals surface area (Å²) in [6.07, 6.45) is 14.4. The minimum Gasteiger partial charge on any atom is -0.366 e. The molecular weight excluding hydrogens is 1050 g/mol. The predicted octanol–water partition coefficient (Wildman–Crippen LogP) is 12.5. The van der Waals surface area contributed by atoms with Gasteiger partial charge in [0.25, 0.3) is 0 Å². The van der Waals surface area contributed by atoms with Crippen molar-refractivity contribution in [1.82, 2.24) is 0 Å². The van der Waals surface area contributed by atoms with E-state index >= 15 is 0 Å². The minimum absolute atomic E-state index is 0. The summed E-state index contributed by atoms with van der Waals surface area (Å²) in [5.41, 5.74) is 1.65. The third-order valence-electron chi connectivity index (χ3n) is 10.6. The second-order valence-corrected chi connectivity index (χ2v) is 19.9. The molecule has 10 rings (SSSR count). The zero-order valence-corrected chi connectivity index (χ0v) is 38.9. The van der Waals surface area contributed by atoms with Gasteiger partial charge in [0.15, 0.2) is 5.90 Å². The average Bonchev–Trinajstić information content (AvgIpc) is 3.33. The van der Waals surface area contributed by atoms with Gasteiger partial charge < -0.3 is 12.8 Å². The van der Waals surface area contributed by atoms with Gasteiger partial charge in [0.05, 0.1) is 0 Å². The fourth-order valence-electron chi connectivity index (χ4n) is 7.64. The van der Waals surface area contributed by atoms with Crippen LogP contribution in [0.3, 0.4) is 0 Å². The molecule has 0 atom stereocenters. The van der Waals surface area contributed by atoms with Gasteiger partial charge in [-0.25, -0.2) is 0 Å². The molecule has 0 aliphatic rings. The molecule has 61 heavy (non-hydrogen) atoms. The molecule has 0 radical (unpaired) electrons. The summed E-state index contributed by atoms with van der Waals surface area (Å²) in [6, 6.07) is 81.5. The van der Waals surface area contributed by atoms with Crippen LogP contribution in [0.1, 0.15) is 11.1 Å². The molecule has 0 aromatic heterocycles. The van der Waals surface area contributed by atoms with Gasteiger partial charge in [0, 0.05) is 0 Å². The van der Waals surface area contributed by atoms with E-state index in [0.29, 0.717) is 0 Å². The number of hydrogen-bond donors (Lipinski definition) is 0. The Morgan fingerprint density at radius 1 is 0.311 bits per heavy atom. The van der Waals surface area contributed by atoms with E-state index < -0.39 is 15.8 Å². The Bertz CT molecular complexity index is 2760. The van der Waals surface area contributed by atoms with Crippen molar-refractivity contribution < 1.29 is 44.8 Å². The molecule has 0 fully saturated rings. The smallest absolute Gasteiger partial charge is 0.366 e. The molecule has 0 unspecified atom stereocenters. The first-order valence-corrected chi connectivity index (χ1v) is 23.2. The van der Waals surface area contributed by atoms with E-state index in [4.69, 9.17) is 12.8 Å². The number of hydrogen-bond acceptors (Lipinski definition) is 0. The Kier molecular flexibility index (Phi) is 16.7. The van der Waals surface area contributed by atoms with E-state index in [1.165, 1.54) is 70.2 Å². The molecule has 0 aliphatic carbocycles. The minimum atomic E-state index is -0.847.